The number of aryl methyl sites for hydroxylation is 2. The van der Waals surface area contributed by atoms with Gasteiger partial charge in [-0.05, 0) is 32.4 Å². The molecule has 0 aliphatic rings. The summed E-state index contributed by atoms with van der Waals surface area (Å²) >= 11 is 3.05. The van der Waals surface area contributed by atoms with Crippen LogP contribution < -0.4 is 5.32 Å². The van der Waals surface area contributed by atoms with Gasteiger partial charge in [-0.15, -0.1) is 11.3 Å². The van der Waals surface area contributed by atoms with Crippen molar-refractivity contribution in [1.82, 2.24) is 15.1 Å². The lowest BCUT2D eigenvalue weighted by Crippen LogP contribution is -2.22. The number of anilines is 1. The van der Waals surface area contributed by atoms with E-state index < -0.39 is 0 Å². The summed E-state index contributed by atoms with van der Waals surface area (Å²) in [5.74, 6) is 1.61. The number of fused-ring (bicyclic) bond motifs is 1. The summed E-state index contributed by atoms with van der Waals surface area (Å²) in [5, 5.41) is 8.00. The topological polar surface area (TPSA) is 80.9 Å². The third-order valence-corrected chi connectivity index (χ3v) is 6.24. The molecule has 6 nitrogen and oxygen atoms in total. The number of nitrogens with one attached hydrogen (secondary N) is 1. The first-order valence-corrected chi connectivity index (χ1v) is 10.4. The van der Waals surface area contributed by atoms with Gasteiger partial charge in [-0.2, -0.15) is 0 Å². The highest BCUT2D eigenvalue weighted by molar-refractivity contribution is 8.00. The van der Waals surface area contributed by atoms with Crippen LogP contribution in [0.3, 0.4) is 0 Å². The number of hydrogen-bond donors (Lipinski definition) is 1. The Bertz CT molecular complexity index is 1140. The molecule has 1 N–H and O–H groups in total. The molecule has 4 rings (SSSR count). The number of rotatable bonds is 5. The number of thioether (sulfide) groups is 1. The minimum absolute atomic E-state index is 0.152. The summed E-state index contributed by atoms with van der Waals surface area (Å²) in [5.41, 5.74) is 1.14. The lowest BCUT2D eigenvalue weighted by Gasteiger charge is -2.10. The van der Waals surface area contributed by atoms with Gasteiger partial charge in [0.25, 0.3) is 0 Å². The largest absolute Gasteiger partial charge is 0.360 e. The van der Waals surface area contributed by atoms with Gasteiger partial charge in [-0.25, -0.2) is 9.97 Å². The molecular formula is C20H18N4O2S2. The van der Waals surface area contributed by atoms with Crippen molar-refractivity contribution < 1.29 is 9.32 Å². The molecule has 3 aromatic heterocycles. The Labute approximate surface area is 170 Å². The van der Waals surface area contributed by atoms with Crippen LogP contribution in [0.1, 0.15) is 18.5 Å². The monoisotopic (exact) mass is 410 g/mol. The third-order valence-electron chi connectivity index (χ3n) is 4.06. The lowest BCUT2D eigenvalue weighted by molar-refractivity contribution is -0.115. The molecule has 0 saturated heterocycles. The summed E-state index contributed by atoms with van der Waals surface area (Å²) in [6.45, 7) is 5.50. The molecule has 8 heteroatoms. The fraction of sp³-hybridized carbons (Fsp3) is 0.200. The predicted molar refractivity (Wildman–Crippen MR) is 113 cm³/mol. The van der Waals surface area contributed by atoms with Gasteiger partial charge in [0.1, 0.15) is 21.4 Å². The van der Waals surface area contributed by atoms with Crippen LogP contribution in [-0.4, -0.2) is 26.3 Å². The predicted octanol–water partition coefficient (Wildman–Crippen LogP) is 5.08. The molecule has 0 spiro atoms. The van der Waals surface area contributed by atoms with Gasteiger partial charge < -0.3 is 9.84 Å². The fourth-order valence-corrected chi connectivity index (χ4v) is 4.82. The summed E-state index contributed by atoms with van der Waals surface area (Å²) in [6.07, 6.45) is 0. The van der Waals surface area contributed by atoms with E-state index in [0.29, 0.717) is 17.4 Å². The maximum absolute atomic E-state index is 12.5. The van der Waals surface area contributed by atoms with E-state index in [0.717, 1.165) is 25.7 Å². The molecule has 1 amide bonds. The number of amides is 1. The van der Waals surface area contributed by atoms with Gasteiger partial charge in [0.15, 0.2) is 5.82 Å². The zero-order valence-corrected chi connectivity index (χ0v) is 17.2. The average Bonchev–Trinajstić information content (AvgIpc) is 3.28. The maximum atomic E-state index is 12.5. The number of benzene rings is 1. The summed E-state index contributed by atoms with van der Waals surface area (Å²) in [4.78, 5) is 23.7. The van der Waals surface area contributed by atoms with Gasteiger partial charge in [0.2, 0.25) is 5.91 Å². The second kappa shape index (κ2) is 7.73. The second-order valence-electron chi connectivity index (χ2n) is 6.34. The molecule has 0 aliphatic heterocycles. The molecule has 0 bridgehead atoms. The molecule has 3 heterocycles. The number of aromatic nitrogens is 3. The summed E-state index contributed by atoms with van der Waals surface area (Å²) in [6, 6.07) is 14.0. The number of hydrogen-bond acceptors (Lipinski definition) is 7. The number of nitrogens with zero attached hydrogens (tertiary/aromatic N) is 3. The Morgan fingerprint density at radius 1 is 1.18 bits per heavy atom. The molecular weight excluding hydrogens is 392 g/mol. The average molecular weight is 411 g/mol. The van der Waals surface area contributed by atoms with Crippen molar-refractivity contribution in [3.63, 3.8) is 0 Å². The van der Waals surface area contributed by atoms with Crippen LogP contribution >= 0.6 is 23.1 Å². The van der Waals surface area contributed by atoms with E-state index in [1.165, 1.54) is 11.8 Å². The van der Waals surface area contributed by atoms with Gasteiger partial charge >= 0.3 is 0 Å². The van der Waals surface area contributed by atoms with E-state index in [-0.39, 0.29) is 11.2 Å². The first kappa shape index (κ1) is 18.6. The van der Waals surface area contributed by atoms with Crippen LogP contribution in [-0.2, 0) is 4.79 Å². The molecule has 0 aliphatic carbocycles. The van der Waals surface area contributed by atoms with Crippen LogP contribution in [0.5, 0.6) is 0 Å². The van der Waals surface area contributed by atoms with Gasteiger partial charge in [-0.1, -0.05) is 47.3 Å². The number of carbonyl (C=O) groups is 1. The lowest BCUT2D eigenvalue weighted by atomic mass is 10.2. The van der Waals surface area contributed by atoms with Gasteiger partial charge in [0.05, 0.1) is 5.25 Å². The Morgan fingerprint density at radius 3 is 2.68 bits per heavy atom. The summed E-state index contributed by atoms with van der Waals surface area (Å²) < 4.78 is 4.99. The molecule has 0 radical (unpaired) electrons. The van der Waals surface area contributed by atoms with E-state index in [4.69, 9.17) is 4.52 Å². The molecule has 28 heavy (non-hydrogen) atoms. The highest BCUT2D eigenvalue weighted by atomic mass is 32.2. The van der Waals surface area contributed by atoms with Crippen LogP contribution in [0.4, 0.5) is 5.82 Å². The van der Waals surface area contributed by atoms with E-state index >= 15 is 0 Å². The molecule has 0 unspecified atom stereocenters. The van der Waals surface area contributed by atoms with E-state index in [1.807, 2.05) is 32.0 Å². The Morgan fingerprint density at radius 2 is 1.96 bits per heavy atom. The second-order valence-corrected chi connectivity index (χ2v) is 8.70. The highest BCUT2D eigenvalue weighted by Crippen LogP contribution is 2.37. The van der Waals surface area contributed by atoms with Crippen LogP contribution in [0.15, 0.2) is 52.0 Å². The SMILES string of the molecule is Cc1nc(S[C@@H](C)C(=O)Nc2cc(C)on2)c2cc(-c3ccccc3)sc2n1. The quantitative estimate of drug-likeness (QED) is 0.365. The highest BCUT2D eigenvalue weighted by Gasteiger charge is 2.20. The number of carbonyl (C=O) groups excluding carboxylic acids is 1. The minimum Gasteiger partial charge on any atom is -0.360 e. The normalized spacial score (nSPS) is 12.2. The van der Waals surface area contributed by atoms with E-state index in [1.54, 1.807) is 24.3 Å². The fourth-order valence-electron chi connectivity index (χ4n) is 2.71. The molecule has 1 atom stereocenters. The number of thiophene rings is 1. The zero-order valence-electron chi connectivity index (χ0n) is 15.6. The smallest absolute Gasteiger partial charge is 0.238 e. The summed E-state index contributed by atoms with van der Waals surface area (Å²) in [7, 11) is 0. The van der Waals surface area contributed by atoms with Crippen LogP contribution in [0.2, 0.25) is 0 Å². The maximum Gasteiger partial charge on any atom is 0.238 e. The molecule has 142 valence electrons. The standard InChI is InChI=1S/C20H18N4O2S2/c1-11-9-17(24-26-11)23-18(25)12(2)27-19-15-10-16(14-7-5-4-6-8-14)28-20(15)22-13(3)21-19/h4-10,12H,1-3H3,(H,23,24,25)/t12-/m0/s1. The first-order chi connectivity index (χ1) is 13.5. The van der Waals surface area contributed by atoms with Crippen molar-refractivity contribution in [2.24, 2.45) is 0 Å². The Kier molecular flexibility index (Phi) is 5.15. The van der Waals surface area contributed by atoms with Crippen molar-refractivity contribution in [1.29, 1.82) is 0 Å². The molecule has 4 aromatic rings. The van der Waals surface area contributed by atoms with Gasteiger partial charge in [-0.3, -0.25) is 4.79 Å². The van der Waals surface area contributed by atoms with Gasteiger partial charge in [0, 0.05) is 16.3 Å². The van der Waals surface area contributed by atoms with E-state index in [9.17, 15) is 4.79 Å². The zero-order chi connectivity index (χ0) is 19.7. The Balaban J connectivity index is 1.60. The van der Waals surface area contributed by atoms with E-state index in [2.05, 4.69) is 38.6 Å². The molecule has 0 fully saturated rings. The van der Waals surface area contributed by atoms with Crippen LogP contribution in [0, 0.1) is 13.8 Å². The van der Waals surface area contributed by atoms with Crippen molar-refractivity contribution in [3.05, 3.63) is 54.0 Å². The molecule has 0 saturated carbocycles. The van der Waals surface area contributed by atoms with Crippen molar-refractivity contribution in [3.8, 4) is 10.4 Å². The first-order valence-electron chi connectivity index (χ1n) is 8.74. The van der Waals surface area contributed by atoms with Crippen molar-refractivity contribution in [2.45, 2.75) is 31.0 Å². The van der Waals surface area contributed by atoms with Crippen molar-refractivity contribution >= 4 is 45.0 Å². The third kappa shape index (κ3) is 3.93. The minimum atomic E-state index is -0.352. The van der Waals surface area contributed by atoms with Crippen molar-refractivity contribution in [2.75, 3.05) is 5.32 Å². The Hall–Kier alpha value is -2.71. The van der Waals surface area contributed by atoms with Crippen LogP contribution in [0.25, 0.3) is 20.7 Å². The molecule has 1 aromatic carbocycles.